The Morgan fingerprint density at radius 2 is 1.93 bits per heavy atom. The lowest BCUT2D eigenvalue weighted by molar-refractivity contribution is 0.144. The highest BCUT2D eigenvalue weighted by Gasteiger charge is 2.20. The van der Waals surface area contributed by atoms with E-state index in [0.29, 0.717) is 0 Å². The van der Waals surface area contributed by atoms with Gasteiger partial charge in [0.2, 0.25) is 0 Å². The summed E-state index contributed by atoms with van der Waals surface area (Å²) in [5.74, 6) is 0.750. The van der Waals surface area contributed by atoms with Crippen LogP contribution in [0.25, 0.3) is 0 Å². The van der Waals surface area contributed by atoms with Gasteiger partial charge < -0.3 is 5.11 Å². The summed E-state index contributed by atoms with van der Waals surface area (Å²) in [7, 11) is 0. The molecule has 0 amide bonds. The lowest BCUT2D eigenvalue weighted by Crippen LogP contribution is -2.05. The zero-order chi connectivity index (χ0) is 10.7. The highest BCUT2D eigenvalue weighted by Crippen LogP contribution is 2.33. The van der Waals surface area contributed by atoms with E-state index < -0.39 is 0 Å². The summed E-state index contributed by atoms with van der Waals surface area (Å²) >= 11 is 0. The van der Waals surface area contributed by atoms with E-state index in [-0.39, 0.29) is 6.10 Å². The monoisotopic (exact) mass is 204 g/mol. The van der Waals surface area contributed by atoms with Gasteiger partial charge in [-0.3, -0.25) is 0 Å². The van der Waals surface area contributed by atoms with E-state index in [0.717, 1.165) is 17.9 Å². The van der Waals surface area contributed by atoms with E-state index in [2.05, 4.69) is 19.1 Å². The fraction of sp³-hybridized carbons (Fsp3) is 0.571. The number of benzene rings is 1. The summed E-state index contributed by atoms with van der Waals surface area (Å²) in [6, 6.07) is 8.17. The van der Waals surface area contributed by atoms with Crippen molar-refractivity contribution in [3.05, 3.63) is 35.4 Å². The van der Waals surface area contributed by atoms with Gasteiger partial charge in [0.25, 0.3) is 0 Å². The van der Waals surface area contributed by atoms with Crippen molar-refractivity contribution in [2.75, 3.05) is 0 Å². The number of aryl methyl sites for hydroxylation is 1. The molecule has 0 aliphatic heterocycles. The molecule has 82 valence electrons. The second kappa shape index (κ2) is 4.80. The topological polar surface area (TPSA) is 20.2 Å². The molecule has 0 heterocycles. The second-order valence-corrected chi connectivity index (χ2v) is 4.76. The van der Waals surface area contributed by atoms with Crippen LogP contribution in [0.5, 0.6) is 0 Å². The van der Waals surface area contributed by atoms with Crippen LogP contribution >= 0.6 is 0 Å². The third kappa shape index (κ3) is 2.60. The molecule has 1 atom stereocenters. The van der Waals surface area contributed by atoms with Gasteiger partial charge in [0.15, 0.2) is 0 Å². The maximum atomic E-state index is 10.2. The molecule has 1 aromatic rings. The quantitative estimate of drug-likeness (QED) is 0.797. The smallest absolute Gasteiger partial charge is 0.0795 e. The first-order valence-corrected chi connectivity index (χ1v) is 6.01. The summed E-state index contributed by atoms with van der Waals surface area (Å²) in [4.78, 5) is 0. The van der Waals surface area contributed by atoms with Gasteiger partial charge in [-0.05, 0) is 30.4 Å². The molecular formula is C14H20O. The largest absolute Gasteiger partial charge is 0.388 e. The number of rotatable bonds is 3. The molecule has 1 saturated carbocycles. The highest BCUT2D eigenvalue weighted by atomic mass is 16.3. The highest BCUT2D eigenvalue weighted by molar-refractivity contribution is 5.27. The summed E-state index contributed by atoms with van der Waals surface area (Å²) in [5, 5.41) is 10.2. The number of aliphatic hydroxyl groups is 1. The molecule has 0 saturated heterocycles. The van der Waals surface area contributed by atoms with Gasteiger partial charge in [0, 0.05) is 0 Å². The summed E-state index contributed by atoms with van der Waals surface area (Å²) in [6.45, 7) is 2.08. The Morgan fingerprint density at radius 3 is 2.60 bits per heavy atom. The standard InChI is InChI=1S/C14H20O/c1-11-6-2-5-9-13(11)14(15)10-12-7-3-4-8-12/h2,5-6,9,12,14-15H,3-4,7-8,10H2,1H3. The van der Waals surface area contributed by atoms with Crippen molar-refractivity contribution in [3.8, 4) is 0 Å². The third-order valence-corrected chi connectivity index (χ3v) is 3.58. The third-order valence-electron chi connectivity index (χ3n) is 3.58. The fourth-order valence-electron chi connectivity index (χ4n) is 2.65. The molecule has 0 aromatic heterocycles. The molecule has 1 unspecified atom stereocenters. The van der Waals surface area contributed by atoms with Crippen molar-refractivity contribution in [1.29, 1.82) is 0 Å². The van der Waals surface area contributed by atoms with Crippen LogP contribution in [-0.4, -0.2) is 5.11 Å². The molecule has 0 bridgehead atoms. The van der Waals surface area contributed by atoms with Gasteiger partial charge in [-0.15, -0.1) is 0 Å². The van der Waals surface area contributed by atoms with E-state index in [1.165, 1.54) is 31.2 Å². The predicted molar refractivity (Wildman–Crippen MR) is 62.7 cm³/mol. The Morgan fingerprint density at radius 1 is 1.27 bits per heavy atom. The van der Waals surface area contributed by atoms with Crippen LogP contribution in [0.3, 0.4) is 0 Å². The molecule has 1 heteroatoms. The summed E-state index contributed by atoms with van der Waals surface area (Å²) in [5.41, 5.74) is 2.33. The molecule has 0 spiro atoms. The lowest BCUT2D eigenvalue weighted by Gasteiger charge is -2.17. The van der Waals surface area contributed by atoms with Crippen LogP contribution in [0.2, 0.25) is 0 Å². The van der Waals surface area contributed by atoms with Gasteiger partial charge in [-0.2, -0.15) is 0 Å². The van der Waals surface area contributed by atoms with Crippen molar-refractivity contribution < 1.29 is 5.11 Å². The van der Waals surface area contributed by atoms with E-state index in [9.17, 15) is 5.11 Å². The van der Waals surface area contributed by atoms with Crippen LogP contribution in [0, 0.1) is 12.8 Å². The maximum absolute atomic E-state index is 10.2. The Kier molecular flexibility index (Phi) is 3.42. The van der Waals surface area contributed by atoms with Gasteiger partial charge >= 0.3 is 0 Å². The number of hydrogen-bond acceptors (Lipinski definition) is 1. The normalized spacial score (nSPS) is 19.3. The van der Waals surface area contributed by atoms with E-state index in [1.807, 2.05) is 12.1 Å². The van der Waals surface area contributed by atoms with Crippen LogP contribution < -0.4 is 0 Å². The maximum Gasteiger partial charge on any atom is 0.0795 e. The van der Waals surface area contributed by atoms with Crippen LogP contribution in [0.4, 0.5) is 0 Å². The van der Waals surface area contributed by atoms with E-state index >= 15 is 0 Å². The van der Waals surface area contributed by atoms with Gasteiger partial charge in [0.1, 0.15) is 0 Å². The van der Waals surface area contributed by atoms with Crippen LogP contribution in [0.15, 0.2) is 24.3 Å². The molecule has 2 rings (SSSR count). The fourth-order valence-corrected chi connectivity index (χ4v) is 2.65. The van der Waals surface area contributed by atoms with Crippen molar-refractivity contribution >= 4 is 0 Å². The average molecular weight is 204 g/mol. The Labute approximate surface area is 92.1 Å². The molecule has 1 nitrogen and oxygen atoms in total. The minimum atomic E-state index is -0.255. The summed E-state index contributed by atoms with van der Waals surface area (Å²) < 4.78 is 0. The van der Waals surface area contributed by atoms with Gasteiger partial charge in [-0.25, -0.2) is 0 Å². The zero-order valence-electron chi connectivity index (χ0n) is 9.45. The van der Waals surface area contributed by atoms with Crippen LogP contribution in [-0.2, 0) is 0 Å². The van der Waals surface area contributed by atoms with Gasteiger partial charge in [0.05, 0.1) is 6.10 Å². The SMILES string of the molecule is Cc1ccccc1C(O)CC1CCCC1. The minimum absolute atomic E-state index is 0.255. The lowest BCUT2D eigenvalue weighted by atomic mass is 9.93. The van der Waals surface area contributed by atoms with Gasteiger partial charge in [-0.1, -0.05) is 49.9 Å². The molecule has 1 aromatic carbocycles. The van der Waals surface area contributed by atoms with Crippen molar-refractivity contribution in [2.24, 2.45) is 5.92 Å². The van der Waals surface area contributed by atoms with Crippen molar-refractivity contribution in [3.63, 3.8) is 0 Å². The number of hydrogen-bond donors (Lipinski definition) is 1. The average Bonchev–Trinajstić information content (AvgIpc) is 2.71. The summed E-state index contributed by atoms with van der Waals surface area (Å²) in [6.07, 6.45) is 6.02. The zero-order valence-corrected chi connectivity index (χ0v) is 9.45. The second-order valence-electron chi connectivity index (χ2n) is 4.76. The molecule has 1 aliphatic rings. The van der Waals surface area contributed by atoms with E-state index in [4.69, 9.17) is 0 Å². The first kappa shape index (κ1) is 10.7. The molecule has 15 heavy (non-hydrogen) atoms. The first-order valence-electron chi connectivity index (χ1n) is 6.01. The molecule has 1 fully saturated rings. The van der Waals surface area contributed by atoms with E-state index in [1.54, 1.807) is 0 Å². The Hall–Kier alpha value is -0.820. The first-order chi connectivity index (χ1) is 7.27. The molecule has 1 N–H and O–H groups in total. The van der Waals surface area contributed by atoms with Crippen molar-refractivity contribution in [1.82, 2.24) is 0 Å². The van der Waals surface area contributed by atoms with Crippen LogP contribution in [0.1, 0.15) is 49.3 Å². The predicted octanol–water partition coefficient (Wildman–Crippen LogP) is 3.61. The van der Waals surface area contributed by atoms with Crippen molar-refractivity contribution in [2.45, 2.75) is 45.1 Å². The molecular weight excluding hydrogens is 184 g/mol. The molecule has 1 aliphatic carbocycles. The minimum Gasteiger partial charge on any atom is -0.388 e. The molecule has 0 radical (unpaired) electrons. The number of aliphatic hydroxyl groups excluding tert-OH is 1. The Bertz CT molecular complexity index is 313. The Balaban J connectivity index is 2.00.